The minimum Gasteiger partial charge on any atom is -0.506 e. The number of rotatable bonds is 13. The number of aliphatic hydroxyl groups is 2. The number of hydrogen-bond donors (Lipinski definition) is 5. The molecule has 1 aromatic carbocycles. The quantitative estimate of drug-likeness (QED) is 0.297. The maximum atomic E-state index is 12.1. The molecule has 1 atom stereocenters. The van der Waals surface area contributed by atoms with Crippen LogP contribution in [-0.2, 0) is 29.0 Å². The first-order valence-corrected chi connectivity index (χ1v) is 10.8. The van der Waals surface area contributed by atoms with Crippen molar-refractivity contribution in [1.82, 2.24) is 15.6 Å². The summed E-state index contributed by atoms with van der Waals surface area (Å²) >= 11 is 0. The minimum atomic E-state index is -0.881. The lowest BCUT2D eigenvalue weighted by Gasteiger charge is -2.28. The van der Waals surface area contributed by atoms with E-state index in [2.05, 4.69) is 15.6 Å². The number of ether oxygens (including phenoxy) is 1. The SMILES string of the molecule is COCCCNC(=O)Cc1cccc(CC(C)(C)NCC(O)c2ccc(O)c(CO)n2)c1. The van der Waals surface area contributed by atoms with Crippen LogP contribution < -0.4 is 10.6 Å². The van der Waals surface area contributed by atoms with Crippen LogP contribution in [0.15, 0.2) is 36.4 Å². The number of amides is 1. The summed E-state index contributed by atoms with van der Waals surface area (Å²) in [6.45, 7) is 5.17. The highest BCUT2D eigenvalue weighted by Gasteiger charge is 2.21. The van der Waals surface area contributed by atoms with Gasteiger partial charge in [-0.25, -0.2) is 4.98 Å². The highest BCUT2D eigenvalue weighted by atomic mass is 16.5. The topological polar surface area (TPSA) is 124 Å². The van der Waals surface area contributed by atoms with Crippen LogP contribution in [0.2, 0.25) is 0 Å². The number of β-amino-alcohol motifs (C(OH)–C–C–N with tert-alkyl or cyclic N) is 1. The van der Waals surface area contributed by atoms with Gasteiger partial charge >= 0.3 is 0 Å². The summed E-state index contributed by atoms with van der Waals surface area (Å²) < 4.78 is 4.98. The average Bonchev–Trinajstić information content (AvgIpc) is 2.75. The second-order valence-electron chi connectivity index (χ2n) is 8.51. The standard InChI is InChI=1S/C24H35N3O5/c1-24(2,26-15-22(30)19-8-9-21(29)20(16-28)27-19)14-18-7-4-6-17(12-18)13-23(31)25-10-5-11-32-3/h4,6-9,12,22,26,28-30H,5,10-11,13-16H2,1-3H3,(H,25,31). The molecule has 32 heavy (non-hydrogen) atoms. The molecule has 0 bridgehead atoms. The number of hydrogen-bond acceptors (Lipinski definition) is 7. The molecule has 8 nitrogen and oxygen atoms in total. The van der Waals surface area contributed by atoms with Crippen LogP contribution in [-0.4, -0.2) is 58.6 Å². The molecule has 2 aromatic rings. The Kier molecular flexibility index (Phi) is 10.1. The van der Waals surface area contributed by atoms with E-state index in [1.807, 2.05) is 38.1 Å². The van der Waals surface area contributed by atoms with Crippen molar-refractivity contribution in [2.24, 2.45) is 0 Å². The smallest absolute Gasteiger partial charge is 0.224 e. The van der Waals surface area contributed by atoms with Crippen LogP contribution in [0.4, 0.5) is 0 Å². The number of aliphatic hydroxyl groups excluding tert-OH is 2. The molecule has 2 rings (SSSR count). The zero-order valence-electron chi connectivity index (χ0n) is 19.1. The Bertz CT molecular complexity index is 872. The molecule has 1 unspecified atom stereocenters. The van der Waals surface area contributed by atoms with Gasteiger partial charge in [0, 0.05) is 32.3 Å². The van der Waals surface area contributed by atoms with Gasteiger partial charge < -0.3 is 30.7 Å². The molecule has 1 amide bonds. The lowest BCUT2D eigenvalue weighted by atomic mass is 9.93. The fourth-order valence-corrected chi connectivity index (χ4v) is 3.40. The van der Waals surface area contributed by atoms with Crippen molar-refractivity contribution in [2.45, 2.75) is 51.4 Å². The number of aromatic nitrogens is 1. The van der Waals surface area contributed by atoms with Gasteiger partial charge in [-0.3, -0.25) is 4.79 Å². The van der Waals surface area contributed by atoms with Gasteiger partial charge in [-0.1, -0.05) is 24.3 Å². The number of benzene rings is 1. The molecular formula is C24H35N3O5. The first kappa shape index (κ1) is 25.7. The molecule has 0 aliphatic rings. The van der Waals surface area contributed by atoms with E-state index in [1.165, 1.54) is 12.1 Å². The van der Waals surface area contributed by atoms with Crippen LogP contribution in [0.5, 0.6) is 5.75 Å². The molecule has 0 aliphatic carbocycles. The molecule has 0 saturated carbocycles. The third kappa shape index (κ3) is 8.55. The number of pyridine rings is 1. The summed E-state index contributed by atoms with van der Waals surface area (Å²) in [6, 6.07) is 10.9. The van der Waals surface area contributed by atoms with E-state index < -0.39 is 12.7 Å². The zero-order valence-corrected chi connectivity index (χ0v) is 19.1. The summed E-state index contributed by atoms with van der Waals surface area (Å²) in [6.07, 6.45) is 0.934. The predicted molar refractivity (Wildman–Crippen MR) is 122 cm³/mol. The van der Waals surface area contributed by atoms with Crippen LogP contribution in [0.3, 0.4) is 0 Å². The van der Waals surface area contributed by atoms with Crippen LogP contribution in [0.1, 0.15) is 48.9 Å². The summed E-state index contributed by atoms with van der Waals surface area (Å²) in [4.78, 5) is 16.2. The molecule has 0 aliphatic heterocycles. The molecular weight excluding hydrogens is 410 g/mol. The van der Waals surface area contributed by atoms with E-state index in [0.717, 1.165) is 17.5 Å². The third-order valence-electron chi connectivity index (χ3n) is 5.09. The summed E-state index contributed by atoms with van der Waals surface area (Å²) in [5.74, 6) is -0.109. The van der Waals surface area contributed by atoms with Gasteiger partial charge in [-0.05, 0) is 49.9 Å². The van der Waals surface area contributed by atoms with Crippen molar-refractivity contribution in [1.29, 1.82) is 0 Å². The van der Waals surface area contributed by atoms with Gasteiger partial charge in [0.2, 0.25) is 5.91 Å². The highest BCUT2D eigenvalue weighted by Crippen LogP contribution is 2.20. The Morgan fingerprint density at radius 2 is 1.97 bits per heavy atom. The second-order valence-corrected chi connectivity index (χ2v) is 8.51. The van der Waals surface area contributed by atoms with Gasteiger partial charge in [0.15, 0.2) is 0 Å². The molecule has 0 radical (unpaired) electrons. The minimum absolute atomic E-state index is 0.0117. The molecule has 5 N–H and O–H groups in total. The fraction of sp³-hybridized carbons (Fsp3) is 0.500. The second kappa shape index (κ2) is 12.5. The van der Waals surface area contributed by atoms with Crippen molar-refractivity contribution in [2.75, 3.05) is 26.8 Å². The summed E-state index contributed by atoms with van der Waals surface area (Å²) in [5, 5.41) is 35.6. The first-order valence-electron chi connectivity index (χ1n) is 10.8. The van der Waals surface area contributed by atoms with E-state index >= 15 is 0 Å². The van der Waals surface area contributed by atoms with Gasteiger partial charge in [0.25, 0.3) is 0 Å². The number of aromatic hydroxyl groups is 1. The lowest BCUT2D eigenvalue weighted by Crippen LogP contribution is -2.43. The summed E-state index contributed by atoms with van der Waals surface area (Å²) in [5.41, 5.74) is 2.24. The van der Waals surface area contributed by atoms with Gasteiger partial charge in [-0.15, -0.1) is 0 Å². The number of carbonyl (C=O) groups is 1. The number of methoxy groups -OCH3 is 1. The van der Waals surface area contributed by atoms with Crippen LogP contribution in [0.25, 0.3) is 0 Å². The highest BCUT2D eigenvalue weighted by molar-refractivity contribution is 5.78. The third-order valence-corrected chi connectivity index (χ3v) is 5.09. The van der Waals surface area contributed by atoms with Crippen molar-refractivity contribution >= 4 is 5.91 Å². The summed E-state index contributed by atoms with van der Waals surface area (Å²) in [7, 11) is 1.64. The number of carbonyl (C=O) groups excluding carboxylic acids is 1. The van der Waals surface area contributed by atoms with E-state index in [4.69, 9.17) is 4.74 Å². The molecule has 0 fully saturated rings. The van der Waals surface area contributed by atoms with Crippen molar-refractivity contribution < 1.29 is 24.9 Å². The lowest BCUT2D eigenvalue weighted by molar-refractivity contribution is -0.120. The van der Waals surface area contributed by atoms with Crippen LogP contribution >= 0.6 is 0 Å². The van der Waals surface area contributed by atoms with Crippen molar-refractivity contribution in [3.05, 3.63) is 58.9 Å². The van der Waals surface area contributed by atoms with Crippen molar-refractivity contribution in [3.8, 4) is 5.75 Å². The average molecular weight is 446 g/mol. The monoisotopic (exact) mass is 445 g/mol. The molecule has 176 valence electrons. The van der Waals surface area contributed by atoms with Gasteiger partial charge in [0.05, 0.1) is 18.7 Å². The Labute approximate surface area is 189 Å². The Balaban J connectivity index is 1.89. The van der Waals surface area contributed by atoms with E-state index in [1.54, 1.807) is 7.11 Å². The first-order chi connectivity index (χ1) is 15.2. The molecule has 8 heteroatoms. The van der Waals surface area contributed by atoms with Crippen LogP contribution in [0, 0.1) is 0 Å². The number of nitrogens with zero attached hydrogens (tertiary/aromatic N) is 1. The molecule has 1 aromatic heterocycles. The maximum Gasteiger partial charge on any atom is 0.224 e. The van der Waals surface area contributed by atoms with E-state index in [9.17, 15) is 20.1 Å². The normalized spacial score (nSPS) is 12.5. The van der Waals surface area contributed by atoms with Crippen molar-refractivity contribution in [3.63, 3.8) is 0 Å². The Hall–Kier alpha value is -2.52. The number of nitrogens with one attached hydrogen (secondary N) is 2. The van der Waals surface area contributed by atoms with E-state index in [-0.39, 0.29) is 29.4 Å². The van der Waals surface area contributed by atoms with E-state index in [0.29, 0.717) is 31.7 Å². The fourth-order valence-electron chi connectivity index (χ4n) is 3.40. The molecule has 0 spiro atoms. The zero-order chi connectivity index (χ0) is 23.6. The van der Waals surface area contributed by atoms with Gasteiger partial charge in [-0.2, -0.15) is 0 Å². The Morgan fingerprint density at radius 3 is 2.69 bits per heavy atom. The predicted octanol–water partition coefficient (Wildman–Crippen LogP) is 1.62. The van der Waals surface area contributed by atoms with Gasteiger partial charge in [0.1, 0.15) is 17.5 Å². The molecule has 0 saturated heterocycles. The Morgan fingerprint density at radius 1 is 1.22 bits per heavy atom. The maximum absolute atomic E-state index is 12.1. The largest absolute Gasteiger partial charge is 0.506 e. The molecule has 1 heterocycles.